The van der Waals surface area contributed by atoms with Gasteiger partial charge in [0.05, 0.1) is 17.1 Å². The monoisotopic (exact) mass is 281 g/mol. The van der Waals surface area contributed by atoms with Crippen molar-refractivity contribution in [3.63, 3.8) is 0 Å². The normalized spacial score (nSPS) is 12.3. The first-order chi connectivity index (χ1) is 10.1. The lowest BCUT2D eigenvalue weighted by molar-refractivity contribution is 0.625. The molecule has 5 nitrogen and oxygen atoms in total. The Balaban J connectivity index is 2.48. The Hall–Kier alpha value is -2.78. The Kier molecular flexibility index (Phi) is 3.12. The van der Waals surface area contributed by atoms with Crippen molar-refractivity contribution < 1.29 is 4.39 Å². The number of fused-ring (bicyclic) bond motifs is 1. The fourth-order valence-corrected chi connectivity index (χ4v) is 2.29. The summed E-state index contributed by atoms with van der Waals surface area (Å²) in [7, 11) is 0. The maximum atomic E-state index is 13.9. The van der Waals surface area contributed by atoms with Crippen LogP contribution in [-0.4, -0.2) is 14.5 Å². The van der Waals surface area contributed by atoms with Crippen molar-refractivity contribution >= 4 is 11.0 Å². The third kappa shape index (κ3) is 2.04. The van der Waals surface area contributed by atoms with Gasteiger partial charge in [0.15, 0.2) is 0 Å². The molecule has 1 atom stereocenters. The summed E-state index contributed by atoms with van der Waals surface area (Å²) < 4.78 is 15.6. The largest absolute Gasteiger partial charge is 0.322 e. The molecule has 2 heterocycles. The zero-order chi connectivity index (χ0) is 15.0. The first kappa shape index (κ1) is 13.2. The summed E-state index contributed by atoms with van der Waals surface area (Å²) in [5, 5.41) is 9.25. The van der Waals surface area contributed by atoms with E-state index in [2.05, 4.69) is 9.97 Å². The third-order valence-electron chi connectivity index (χ3n) is 3.19. The van der Waals surface area contributed by atoms with Crippen LogP contribution in [0.5, 0.6) is 0 Å². The Bertz CT molecular complexity index is 846. The highest BCUT2D eigenvalue weighted by Crippen LogP contribution is 2.27. The van der Waals surface area contributed by atoms with Crippen LogP contribution in [0.3, 0.4) is 0 Å². The molecule has 2 N–H and O–H groups in total. The van der Waals surface area contributed by atoms with E-state index in [9.17, 15) is 9.65 Å². The molecule has 104 valence electrons. The second-order valence-electron chi connectivity index (χ2n) is 4.68. The number of aromatic nitrogens is 3. The van der Waals surface area contributed by atoms with E-state index in [1.807, 2.05) is 12.1 Å². The molecule has 0 spiro atoms. The lowest BCUT2D eigenvalue weighted by atomic mass is 10.2. The second kappa shape index (κ2) is 4.96. The van der Waals surface area contributed by atoms with Crippen LogP contribution in [0, 0.1) is 17.1 Å². The molecule has 0 amide bonds. The summed E-state index contributed by atoms with van der Waals surface area (Å²) in [6.07, 6.45) is 1.62. The molecule has 0 bridgehead atoms. The molecule has 2 aromatic heterocycles. The minimum absolute atomic E-state index is 0.0578. The molecule has 0 radical (unpaired) electrons. The smallest absolute Gasteiger partial charge is 0.143 e. The Morgan fingerprint density at radius 1 is 1.33 bits per heavy atom. The minimum atomic E-state index is -0.585. The van der Waals surface area contributed by atoms with Gasteiger partial charge in [-0.2, -0.15) is 5.26 Å². The lowest BCUT2D eigenvalue weighted by Gasteiger charge is -2.11. The van der Waals surface area contributed by atoms with Crippen LogP contribution in [0.4, 0.5) is 4.39 Å². The van der Waals surface area contributed by atoms with Crippen LogP contribution >= 0.6 is 0 Å². The van der Waals surface area contributed by atoms with Crippen molar-refractivity contribution in [2.75, 3.05) is 0 Å². The zero-order valence-corrected chi connectivity index (χ0v) is 11.3. The molecule has 3 aromatic rings. The van der Waals surface area contributed by atoms with Crippen molar-refractivity contribution in [2.45, 2.75) is 13.0 Å². The van der Waals surface area contributed by atoms with Gasteiger partial charge in [-0.25, -0.2) is 14.4 Å². The predicted molar refractivity (Wildman–Crippen MR) is 76.1 cm³/mol. The van der Waals surface area contributed by atoms with Crippen LogP contribution in [0.1, 0.15) is 24.4 Å². The van der Waals surface area contributed by atoms with Gasteiger partial charge >= 0.3 is 0 Å². The van der Waals surface area contributed by atoms with E-state index in [0.717, 1.165) is 0 Å². The molecule has 0 aliphatic rings. The number of halogens is 1. The molecule has 6 heteroatoms. The zero-order valence-electron chi connectivity index (χ0n) is 11.3. The quantitative estimate of drug-likeness (QED) is 0.782. The molecule has 1 aromatic carbocycles. The van der Waals surface area contributed by atoms with Gasteiger partial charge in [0.25, 0.3) is 0 Å². The van der Waals surface area contributed by atoms with Crippen LogP contribution in [-0.2, 0) is 0 Å². The molecular weight excluding hydrogens is 269 g/mol. The maximum absolute atomic E-state index is 13.9. The van der Waals surface area contributed by atoms with Crippen molar-refractivity contribution in [2.24, 2.45) is 5.73 Å². The predicted octanol–water partition coefficient (Wildman–Crippen LogP) is 2.45. The van der Waals surface area contributed by atoms with E-state index in [-0.39, 0.29) is 11.6 Å². The average Bonchev–Trinajstić information content (AvgIpc) is 2.88. The van der Waals surface area contributed by atoms with E-state index >= 15 is 0 Å². The standard InChI is InChI=1S/C15H12FN5/c1-9(18)15-20-12-6-5-11(16)10(8-17)14(12)21(15)13-4-2-3-7-19-13/h2-7,9H,18H2,1H3. The van der Waals surface area contributed by atoms with E-state index in [0.29, 0.717) is 22.7 Å². The van der Waals surface area contributed by atoms with Crippen molar-refractivity contribution in [1.82, 2.24) is 14.5 Å². The first-order valence-corrected chi connectivity index (χ1v) is 6.41. The maximum Gasteiger partial charge on any atom is 0.143 e. The highest BCUT2D eigenvalue weighted by molar-refractivity contribution is 5.84. The summed E-state index contributed by atoms with van der Waals surface area (Å²) in [4.78, 5) is 8.67. The van der Waals surface area contributed by atoms with Crippen LogP contribution < -0.4 is 5.73 Å². The number of benzene rings is 1. The van der Waals surface area contributed by atoms with Gasteiger partial charge in [0.1, 0.15) is 29.1 Å². The Labute approximate surface area is 120 Å². The fourth-order valence-electron chi connectivity index (χ4n) is 2.29. The summed E-state index contributed by atoms with van der Waals surface area (Å²) in [5.41, 5.74) is 6.81. The number of nitrogens with zero attached hydrogens (tertiary/aromatic N) is 4. The molecular formula is C15H12FN5. The lowest BCUT2D eigenvalue weighted by Crippen LogP contribution is -2.13. The van der Waals surface area contributed by atoms with Crippen LogP contribution in [0.2, 0.25) is 0 Å². The molecule has 0 aliphatic carbocycles. The highest BCUT2D eigenvalue weighted by atomic mass is 19.1. The van der Waals surface area contributed by atoms with E-state index < -0.39 is 5.82 Å². The number of nitriles is 1. The summed E-state index contributed by atoms with van der Waals surface area (Å²) >= 11 is 0. The Morgan fingerprint density at radius 2 is 2.14 bits per heavy atom. The average molecular weight is 281 g/mol. The second-order valence-corrected chi connectivity index (χ2v) is 4.68. The molecule has 21 heavy (non-hydrogen) atoms. The number of nitrogens with two attached hydrogens (primary N) is 1. The van der Waals surface area contributed by atoms with Crippen molar-refractivity contribution in [1.29, 1.82) is 5.26 Å². The van der Waals surface area contributed by atoms with Crippen molar-refractivity contribution in [3.05, 3.63) is 53.7 Å². The van der Waals surface area contributed by atoms with Crippen LogP contribution in [0.15, 0.2) is 36.5 Å². The van der Waals surface area contributed by atoms with Gasteiger partial charge in [0.2, 0.25) is 0 Å². The molecule has 0 aliphatic heterocycles. The van der Waals surface area contributed by atoms with Gasteiger partial charge in [-0.15, -0.1) is 0 Å². The van der Waals surface area contributed by atoms with Gasteiger partial charge in [-0.3, -0.25) is 4.57 Å². The number of hydrogen-bond acceptors (Lipinski definition) is 4. The highest BCUT2D eigenvalue weighted by Gasteiger charge is 2.20. The summed E-state index contributed by atoms with van der Waals surface area (Å²) in [6.45, 7) is 1.78. The number of pyridine rings is 1. The van der Waals surface area contributed by atoms with Crippen molar-refractivity contribution in [3.8, 4) is 11.9 Å². The number of hydrogen-bond donors (Lipinski definition) is 1. The fraction of sp³-hybridized carbons (Fsp3) is 0.133. The van der Waals surface area contributed by atoms with Gasteiger partial charge in [0, 0.05) is 6.20 Å². The molecule has 0 fully saturated rings. The van der Waals surface area contributed by atoms with E-state index in [1.54, 1.807) is 29.8 Å². The summed E-state index contributed by atoms with van der Waals surface area (Å²) in [5.74, 6) is 0.499. The van der Waals surface area contributed by atoms with Crippen LogP contribution in [0.25, 0.3) is 16.9 Å². The summed E-state index contributed by atoms with van der Waals surface area (Å²) in [6, 6.07) is 9.64. The first-order valence-electron chi connectivity index (χ1n) is 6.41. The van der Waals surface area contributed by atoms with Gasteiger partial charge in [-0.1, -0.05) is 6.07 Å². The number of imidazole rings is 1. The third-order valence-corrected chi connectivity index (χ3v) is 3.19. The topological polar surface area (TPSA) is 80.5 Å². The number of rotatable bonds is 2. The SMILES string of the molecule is CC(N)c1nc2ccc(F)c(C#N)c2n1-c1ccccn1. The molecule has 0 saturated carbocycles. The Morgan fingerprint density at radius 3 is 2.76 bits per heavy atom. The van der Waals surface area contributed by atoms with E-state index in [4.69, 9.17) is 5.73 Å². The molecule has 0 saturated heterocycles. The van der Waals surface area contributed by atoms with Gasteiger partial charge < -0.3 is 5.73 Å². The molecule has 1 unspecified atom stereocenters. The van der Waals surface area contributed by atoms with Gasteiger partial charge in [-0.05, 0) is 31.2 Å². The molecule has 3 rings (SSSR count). The minimum Gasteiger partial charge on any atom is -0.322 e. The van der Waals surface area contributed by atoms with E-state index in [1.165, 1.54) is 12.1 Å².